The molecule has 0 saturated carbocycles. The molecule has 0 aromatic carbocycles. The van der Waals surface area contributed by atoms with Gasteiger partial charge < -0.3 is 15.1 Å². The highest BCUT2D eigenvalue weighted by molar-refractivity contribution is 4.68. The zero-order valence-corrected chi connectivity index (χ0v) is 8.16. The molecular weight excluding hydrogens is 154 g/mol. The van der Waals surface area contributed by atoms with Crippen LogP contribution in [0.2, 0.25) is 0 Å². The lowest BCUT2D eigenvalue weighted by molar-refractivity contribution is 0.138. The van der Waals surface area contributed by atoms with Gasteiger partial charge in [-0.05, 0) is 25.9 Å². The van der Waals surface area contributed by atoms with E-state index in [-0.39, 0.29) is 13.2 Å². The predicted molar refractivity (Wildman–Crippen MR) is 50.1 cm³/mol. The molecule has 0 amide bonds. The van der Waals surface area contributed by atoms with Crippen LogP contribution >= 0.6 is 0 Å². The minimum atomic E-state index is 0.209. The van der Waals surface area contributed by atoms with Crippen molar-refractivity contribution in [1.29, 1.82) is 0 Å². The summed E-state index contributed by atoms with van der Waals surface area (Å²) < 4.78 is 0. The molecule has 0 unspecified atom stereocenters. The second-order valence-electron chi connectivity index (χ2n) is 2.90. The maximum atomic E-state index is 8.79. The smallest absolute Gasteiger partial charge is 0.0445 e. The van der Waals surface area contributed by atoms with Crippen LogP contribution in [0, 0.1) is 0 Å². The summed E-state index contributed by atoms with van der Waals surface area (Å²) in [4.78, 5) is 2.27. The number of hydrogen-bond acceptors (Lipinski definition) is 3. The lowest BCUT2D eigenvalue weighted by Crippen LogP contribution is -2.36. The van der Waals surface area contributed by atoms with E-state index in [1.807, 2.05) is 0 Å². The summed E-state index contributed by atoms with van der Waals surface area (Å²) >= 11 is 0. The van der Waals surface area contributed by atoms with Crippen molar-refractivity contribution in [2.75, 3.05) is 26.3 Å². The van der Waals surface area contributed by atoms with Gasteiger partial charge in [0, 0.05) is 19.3 Å². The van der Waals surface area contributed by atoms with E-state index in [2.05, 4.69) is 18.7 Å². The van der Waals surface area contributed by atoms with Crippen LogP contribution in [0.5, 0.6) is 0 Å². The highest BCUT2D eigenvalue weighted by Crippen LogP contribution is 2.07. The van der Waals surface area contributed by atoms with Crippen LogP contribution in [-0.4, -0.2) is 47.5 Å². The fourth-order valence-electron chi connectivity index (χ4n) is 1.55. The summed E-state index contributed by atoms with van der Waals surface area (Å²) in [7, 11) is 0. The van der Waals surface area contributed by atoms with Gasteiger partial charge in [0.25, 0.3) is 0 Å². The van der Waals surface area contributed by atoms with Gasteiger partial charge in [-0.25, -0.2) is 0 Å². The molecule has 0 radical (unpaired) electrons. The van der Waals surface area contributed by atoms with E-state index in [0.29, 0.717) is 6.04 Å². The van der Waals surface area contributed by atoms with E-state index >= 15 is 0 Å². The second kappa shape index (κ2) is 7.53. The average molecular weight is 175 g/mol. The van der Waals surface area contributed by atoms with Crippen LogP contribution in [0.25, 0.3) is 0 Å². The number of rotatable bonds is 7. The summed E-state index contributed by atoms with van der Waals surface area (Å²) in [5, 5.41) is 17.6. The van der Waals surface area contributed by atoms with Crippen molar-refractivity contribution in [3.8, 4) is 0 Å². The molecule has 0 saturated heterocycles. The van der Waals surface area contributed by atoms with Crippen LogP contribution in [-0.2, 0) is 0 Å². The maximum Gasteiger partial charge on any atom is 0.0445 e. The van der Waals surface area contributed by atoms with Gasteiger partial charge in [-0.3, -0.25) is 0 Å². The average Bonchev–Trinajstić information content (AvgIpc) is 2.07. The van der Waals surface area contributed by atoms with Crippen molar-refractivity contribution in [1.82, 2.24) is 4.90 Å². The molecule has 12 heavy (non-hydrogen) atoms. The molecule has 0 aromatic heterocycles. The zero-order valence-electron chi connectivity index (χ0n) is 8.16. The predicted octanol–water partition coefficient (Wildman–Crippen LogP) is 0.462. The summed E-state index contributed by atoms with van der Waals surface area (Å²) in [6, 6.07) is 0.343. The minimum Gasteiger partial charge on any atom is -0.396 e. The topological polar surface area (TPSA) is 43.7 Å². The van der Waals surface area contributed by atoms with E-state index in [1.165, 1.54) is 0 Å². The van der Waals surface area contributed by atoms with Crippen molar-refractivity contribution in [3.05, 3.63) is 0 Å². The van der Waals surface area contributed by atoms with Gasteiger partial charge in [-0.2, -0.15) is 0 Å². The Morgan fingerprint density at radius 3 is 1.67 bits per heavy atom. The molecule has 2 N–H and O–H groups in total. The molecule has 0 aromatic rings. The lowest BCUT2D eigenvalue weighted by Gasteiger charge is -2.28. The number of aliphatic hydroxyl groups is 2. The van der Waals surface area contributed by atoms with Gasteiger partial charge in [0.05, 0.1) is 0 Å². The van der Waals surface area contributed by atoms with Gasteiger partial charge in [0.1, 0.15) is 0 Å². The van der Waals surface area contributed by atoms with E-state index in [1.54, 1.807) is 0 Å². The van der Waals surface area contributed by atoms with Crippen LogP contribution in [0.1, 0.15) is 26.7 Å². The zero-order chi connectivity index (χ0) is 9.40. The van der Waals surface area contributed by atoms with Crippen molar-refractivity contribution in [2.24, 2.45) is 0 Å². The standard InChI is InChI=1S/C9H21NO2/c1-3-10(4-2)9(5-7-11)6-8-12/h9,11-12H,3-8H2,1-2H3. The van der Waals surface area contributed by atoms with Gasteiger partial charge in [-0.15, -0.1) is 0 Å². The Balaban J connectivity index is 3.86. The summed E-state index contributed by atoms with van der Waals surface area (Å²) in [6.07, 6.45) is 1.53. The molecule has 0 aliphatic heterocycles. The SMILES string of the molecule is CCN(CC)C(CCO)CCO. The van der Waals surface area contributed by atoms with E-state index < -0.39 is 0 Å². The third kappa shape index (κ3) is 4.04. The highest BCUT2D eigenvalue weighted by Gasteiger charge is 2.13. The van der Waals surface area contributed by atoms with E-state index in [4.69, 9.17) is 10.2 Å². The van der Waals surface area contributed by atoms with Crippen LogP contribution in [0.15, 0.2) is 0 Å². The van der Waals surface area contributed by atoms with E-state index in [0.717, 1.165) is 25.9 Å². The largest absolute Gasteiger partial charge is 0.396 e. The first-order valence-corrected chi connectivity index (χ1v) is 4.75. The lowest BCUT2D eigenvalue weighted by atomic mass is 10.1. The number of aliphatic hydroxyl groups excluding tert-OH is 2. The summed E-state index contributed by atoms with van der Waals surface area (Å²) in [5.74, 6) is 0. The molecule has 0 aliphatic rings. The molecule has 0 fully saturated rings. The third-order valence-corrected chi connectivity index (χ3v) is 2.25. The molecule has 0 heterocycles. The Labute approximate surface area is 75.0 Å². The van der Waals surface area contributed by atoms with E-state index in [9.17, 15) is 0 Å². The molecule has 3 heteroatoms. The molecule has 74 valence electrons. The highest BCUT2D eigenvalue weighted by atomic mass is 16.3. The summed E-state index contributed by atoms with van der Waals surface area (Å²) in [5.41, 5.74) is 0. The Kier molecular flexibility index (Phi) is 7.45. The van der Waals surface area contributed by atoms with Crippen LogP contribution in [0.4, 0.5) is 0 Å². The van der Waals surface area contributed by atoms with Gasteiger partial charge in [-0.1, -0.05) is 13.8 Å². The normalized spacial score (nSPS) is 11.5. The molecular formula is C9H21NO2. The third-order valence-electron chi connectivity index (χ3n) is 2.25. The van der Waals surface area contributed by atoms with Gasteiger partial charge in [0.15, 0.2) is 0 Å². The molecule has 0 atom stereocenters. The van der Waals surface area contributed by atoms with Crippen molar-refractivity contribution in [2.45, 2.75) is 32.7 Å². The molecule has 0 rings (SSSR count). The fraction of sp³-hybridized carbons (Fsp3) is 1.00. The minimum absolute atomic E-state index is 0.209. The van der Waals surface area contributed by atoms with Gasteiger partial charge in [0.2, 0.25) is 0 Å². The Morgan fingerprint density at radius 1 is 1.00 bits per heavy atom. The van der Waals surface area contributed by atoms with Gasteiger partial charge >= 0.3 is 0 Å². The van der Waals surface area contributed by atoms with Crippen LogP contribution < -0.4 is 0 Å². The Bertz CT molecular complexity index is 88.5. The maximum absolute atomic E-state index is 8.79. The molecule has 0 bridgehead atoms. The number of nitrogens with zero attached hydrogens (tertiary/aromatic N) is 1. The van der Waals surface area contributed by atoms with Crippen molar-refractivity contribution in [3.63, 3.8) is 0 Å². The van der Waals surface area contributed by atoms with Crippen molar-refractivity contribution < 1.29 is 10.2 Å². The van der Waals surface area contributed by atoms with Crippen LogP contribution in [0.3, 0.4) is 0 Å². The Hall–Kier alpha value is -0.120. The first-order chi connectivity index (χ1) is 5.79. The fourth-order valence-corrected chi connectivity index (χ4v) is 1.55. The Morgan fingerprint density at radius 2 is 1.42 bits per heavy atom. The quantitative estimate of drug-likeness (QED) is 0.591. The van der Waals surface area contributed by atoms with Crippen molar-refractivity contribution >= 4 is 0 Å². The number of hydrogen-bond donors (Lipinski definition) is 2. The monoisotopic (exact) mass is 175 g/mol. The first-order valence-electron chi connectivity index (χ1n) is 4.75. The summed E-state index contributed by atoms with van der Waals surface area (Å²) in [6.45, 7) is 6.60. The first kappa shape index (κ1) is 11.9. The molecule has 0 spiro atoms. The molecule has 3 nitrogen and oxygen atoms in total. The molecule has 0 aliphatic carbocycles. The second-order valence-corrected chi connectivity index (χ2v) is 2.90.